The van der Waals surface area contributed by atoms with Gasteiger partial charge in [0.05, 0.1) is 13.2 Å². The fourth-order valence-electron chi connectivity index (χ4n) is 4.19. The van der Waals surface area contributed by atoms with Crippen LogP contribution in [0.5, 0.6) is 11.5 Å². The number of hydrogen-bond acceptors (Lipinski definition) is 6. The molecule has 1 aliphatic rings. The Kier molecular flexibility index (Phi) is 9.27. The Hall–Kier alpha value is -2.90. The third kappa shape index (κ3) is 7.30. The van der Waals surface area contributed by atoms with Crippen LogP contribution in [0.1, 0.15) is 60.6 Å². The number of hydrogen-bond donors (Lipinski definition) is 3. The summed E-state index contributed by atoms with van der Waals surface area (Å²) in [6.45, 7) is 2.40. The molecule has 0 bridgehead atoms. The van der Waals surface area contributed by atoms with Gasteiger partial charge in [0.1, 0.15) is 17.6 Å². The number of para-hydroxylation sites is 1. The Morgan fingerprint density at radius 3 is 2.36 bits per heavy atom. The second-order valence-electron chi connectivity index (χ2n) is 8.54. The number of aromatic hydroxyl groups is 1. The van der Waals surface area contributed by atoms with Crippen molar-refractivity contribution in [3.05, 3.63) is 59.7 Å². The first kappa shape index (κ1) is 24.7. The number of aliphatic hydroxyl groups is 1. The predicted octanol–water partition coefficient (Wildman–Crippen LogP) is 3.46. The van der Waals surface area contributed by atoms with Crippen LogP contribution in [-0.4, -0.2) is 59.6 Å². The van der Waals surface area contributed by atoms with Crippen molar-refractivity contribution < 1.29 is 24.5 Å². The fourth-order valence-corrected chi connectivity index (χ4v) is 4.19. The van der Waals surface area contributed by atoms with Crippen LogP contribution in [0.2, 0.25) is 0 Å². The molecule has 3 N–H and O–H groups in total. The van der Waals surface area contributed by atoms with Crippen LogP contribution >= 0.6 is 0 Å². The second-order valence-corrected chi connectivity index (χ2v) is 8.54. The summed E-state index contributed by atoms with van der Waals surface area (Å²) in [5.74, 6) is 0.603. The highest BCUT2D eigenvalue weighted by Crippen LogP contribution is 2.27. The molecule has 1 heterocycles. The number of phenolic OH excluding ortho intramolecular Hbond substituents is 1. The largest absolute Gasteiger partial charge is 0.508 e. The number of methoxy groups -OCH3 is 1. The molecule has 1 fully saturated rings. The third-order valence-corrected chi connectivity index (χ3v) is 6.11. The lowest BCUT2D eigenvalue weighted by molar-refractivity contribution is -0.123. The van der Waals surface area contributed by atoms with E-state index in [1.54, 1.807) is 49.6 Å². The summed E-state index contributed by atoms with van der Waals surface area (Å²) in [6, 6.07) is 13.2. The Morgan fingerprint density at radius 2 is 1.70 bits per heavy atom. The van der Waals surface area contributed by atoms with Crippen molar-refractivity contribution >= 4 is 11.7 Å². The van der Waals surface area contributed by atoms with Gasteiger partial charge in [-0.15, -0.1) is 0 Å². The molecule has 0 unspecified atom stereocenters. The van der Waals surface area contributed by atoms with E-state index >= 15 is 0 Å². The molecule has 0 aliphatic carbocycles. The Labute approximate surface area is 195 Å². The number of ether oxygens (including phenoxy) is 1. The van der Waals surface area contributed by atoms with Crippen molar-refractivity contribution in [3.8, 4) is 11.5 Å². The number of nitrogens with one attached hydrogen (secondary N) is 1. The predicted molar refractivity (Wildman–Crippen MR) is 126 cm³/mol. The zero-order chi connectivity index (χ0) is 23.6. The van der Waals surface area contributed by atoms with Crippen molar-refractivity contribution in [3.63, 3.8) is 0 Å². The molecule has 33 heavy (non-hydrogen) atoms. The van der Waals surface area contributed by atoms with E-state index in [9.17, 15) is 19.8 Å². The van der Waals surface area contributed by atoms with Gasteiger partial charge in [-0.05, 0) is 69.1 Å². The van der Waals surface area contributed by atoms with Gasteiger partial charge in [-0.25, -0.2) is 0 Å². The monoisotopic (exact) mass is 454 g/mol. The summed E-state index contributed by atoms with van der Waals surface area (Å²) in [5, 5.41) is 24.0. The number of aliphatic hydroxyl groups excluding tert-OH is 1. The average Bonchev–Trinajstić information content (AvgIpc) is 3.34. The minimum Gasteiger partial charge on any atom is -0.508 e. The van der Waals surface area contributed by atoms with Gasteiger partial charge in [-0.3, -0.25) is 9.59 Å². The molecule has 1 aliphatic heterocycles. The molecule has 3 rings (SSSR count). The fraction of sp³-hybridized carbons (Fsp3) is 0.462. The van der Waals surface area contributed by atoms with Gasteiger partial charge in [0.25, 0.3) is 0 Å². The lowest BCUT2D eigenvalue weighted by Gasteiger charge is -2.29. The van der Waals surface area contributed by atoms with Crippen molar-refractivity contribution in [2.45, 2.75) is 50.7 Å². The number of benzene rings is 2. The van der Waals surface area contributed by atoms with Crippen LogP contribution in [0.15, 0.2) is 48.5 Å². The summed E-state index contributed by atoms with van der Waals surface area (Å²) in [4.78, 5) is 27.2. The molecule has 7 nitrogen and oxygen atoms in total. The molecule has 0 aromatic heterocycles. The van der Waals surface area contributed by atoms with Crippen LogP contribution in [0.4, 0.5) is 0 Å². The minimum absolute atomic E-state index is 0.0164. The second kappa shape index (κ2) is 12.4. The van der Waals surface area contributed by atoms with Gasteiger partial charge in [-0.2, -0.15) is 0 Å². The van der Waals surface area contributed by atoms with Crippen LogP contribution in [0.25, 0.3) is 0 Å². The molecular formula is C26H34N2O5. The number of Topliss-reactive ketones (excluding diaryl/α,β-unsaturated/α-hetero) is 1. The van der Waals surface area contributed by atoms with E-state index in [1.165, 1.54) is 6.07 Å². The summed E-state index contributed by atoms with van der Waals surface area (Å²) >= 11 is 0. The maximum absolute atomic E-state index is 12.6. The van der Waals surface area contributed by atoms with Crippen LogP contribution in [-0.2, 0) is 4.79 Å². The summed E-state index contributed by atoms with van der Waals surface area (Å²) in [5.41, 5.74) is 1.05. The first-order chi connectivity index (χ1) is 16.0. The van der Waals surface area contributed by atoms with E-state index in [-0.39, 0.29) is 23.9 Å². The van der Waals surface area contributed by atoms with Gasteiger partial charge < -0.3 is 25.2 Å². The minimum atomic E-state index is -1.01. The maximum Gasteiger partial charge on any atom is 0.220 e. The summed E-state index contributed by atoms with van der Waals surface area (Å²) < 4.78 is 5.11. The first-order valence-electron chi connectivity index (χ1n) is 11.6. The highest BCUT2D eigenvalue weighted by Gasteiger charge is 2.28. The van der Waals surface area contributed by atoms with Crippen LogP contribution in [0.3, 0.4) is 0 Å². The standard InChI is InChI=1S/C26H34N2O5/c1-33-20-14-12-19(13-15-20)23(29)9-4-5-11-25(31)27-22(18-28-16-6-7-17-28)26(32)21-8-2-3-10-24(21)30/h2-3,8,10,12-15,22,26,30,32H,4-7,9,11,16-18H2,1H3,(H,27,31)/t22-,26-/m1/s1. The van der Waals surface area contributed by atoms with E-state index in [1.807, 2.05) is 0 Å². The number of nitrogens with zero attached hydrogens (tertiary/aromatic N) is 1. The lowest BCUT2D eigenvalue weighted by atomic mass is 10.00. The van der Waals surface area contributed by atoms with E-state index < -0.39 is 12.1 Å². The van der Waals surface area contributed by atoms with Crippen molar-refractivity contribution in [2.75, 3.05) is 26.7 Å². The van der Waals surface area contributed by atoms with E-state index in [4.69, 9.17) is 4.74 Å². The number of ketones is 1. The summed E-state index contributed by atoms with van der Waals surface area (Å²) in [6.07, 6.45) is 3.04. The number of rotatable bonds is 12. The molecule has 0 spiro atoms. The average molecular weight is 455 g/mol. The first-order valence-corrected chi connectivity index (χ1v) is 11.6. The zero-order valence-electron chi connectivity index (χ0n) is 19.2. The molecule has 1 saturated heterocycles. The third-order valence-electron chi connectivity index (χ3n) is 6.11. The van der Waals surface area contributed by atoms with E-state index in [0.29, 0.717) is 42.7 Å². The van der Waals surface area contributed by atoms with Gasteiger partial charge >= 0.3 is 0 Å². The smallest absolute Gasteiger partial charge is 0.220 e. The molecule has 1 amide bonds. The highest BCUT2D eigenvalue weighted by molar-refractivity contribution is 5.96. The van der Waals surface area contributed by atoms with Gasteiger partial charge in [0, 0.05) is 30.5 Å². The quantitative estimate of drug-likeness (QED) is 0.336. The van der Waals surface area contributed by atoms with Crippen LogP contribution < -0.4 is 10.1 Å². The van der Waals surface area contributed by atoms with Crippen LogP contribution in [0, 0.1) is 0 Å². The Morgan fingerprint density at radius 1 is 1.03 bits per heavy atom. The van der Waals surface area contributed by atoms with Gasteiger partial charge in [-0.1, -0.05) is 18.2 Å². The Bertz CT molecular complexity index is 909. The van der Waals surface area contributed by atoms with Crippen molar-refractivity contribution in [1.29, 1.82) is 0 Å². The molecule has 7 heteroatoms. The normalized spacial score (nSPS) is 15.7. The number of carbonyl (C=O) groups excluding carboxylic acids is 2. The number of carbonyl (C=O) groups is 2. The zero-order valence-corrected chi connectivity index (χ0v) is 19.2. The van der Waals surface area contributed by atoms with Crippen molar-refractivity contribution in [2.24, 2.45) is 0 Å². The molecule has 178 valence electrons. The molecule has 2 aromatic carbocycles. The number of phenols is 1. The summed E-state index contributed by atoms with van der Waals surface area (Å²) in [7, 11) is 1.58. The number of likely N-dealkylation sites (tertiary alicyclic amines) is 1. The Balaban J connectivity index is 1.50. The molecule has 2 aromatic rings. The number of unbranched alkanes of at least 4 members (excludes halogenated alkanes) is 1. The number of amides is 1. The maximum atomic E-state index is 12.6. The topological polar surface area (TPSA) is 99.1 Å². The molecule has 2 atom stereocenters. The lowest BCUT2D eigenvalue weighted by Crippen LogP contribution is -2.46. The highest BCUT2D eigenvalue weighted by atomic mass is 16.5. The SMILES string of the molecule is COc1ccc(C(=O)CCCCC(=O)N[C@H](CN2CCCC2)[C@H](O)c2ccccc2O)cc1. The van der Waals surface area contributed by atoms with E-state index in [0.717, 1.165) is 25.9 Å². The van der Waals surface area contributed by atoms with E-state index in [2.05, 4.69) is 10.2 Å². The van der Waals surface area contributed by atoms with Gasteiger partial charge in [0.2, 0.25) is 5.91 Å². The van der Waals surface area contributed by atoms with Gasteiger partial charge in [0.15, 0.2) is 5.78 Å². The molecule has 0 saturated carbocycles. The molecule has 0 radical (unpaired) electrons. The van der Waals surface area contributed by atoms with Crippen molar-refractivity contribution in [1.82, 2.24) is 10.2 Å². The molecular weight excluding hydrogens is 420 g/mol.